The number of benzene rings is 1. The Kier molecular flexibility index (Phi) is 7.64. The van der Waals surface area contributed by atoms with Gasteiger partial charge < -0.3 is 10.6 Å². The number of ketones is 1. The largest absolute Gasteiger partial charge is 0.356 e. The Balaban J connectivity index is 1.56. The van der Waals surface area contributed by atoms with Crippen LogP contribution in [0.4, 0.5) is 0 Å². The van der Waals surface area contributed by atoms with Crippen LogP contribution in [-0.2, 0) is 4.79 Å². The normalized spacial score (nSPS) is 21.6. The van der Waals surface area contributed by atoms with Gasteiger partial charge in [0.1, 0.15) is 0 Å². The molecule has 0 aromatic heterocycles. The van der Waals surface area contributed by atoms with Crippen molar-refractivity contribution in [1.82, 2.24) is 15.5 Å². The molecule has 1 aromatic rings. The van der Waals surface area contributed by atoms with Crippen molar-refractivity contribution in [3.8, 4) is 0 Å². The molecule has 1 saturated carbocycles. The molecule has 164 valence electrons. The zero-order valence-electron chi connectivity index (χ0n) is 18.4. The first-order chi connectivity index (χ1) is 14.3. The van der Waals surface area contributed by atoms with Gasteiger partial charge in [0.2, 0.25) is 5.91 Å². The second-order valence-electron chi connectivity index (χ2n) is 9.27. The molecule has 2 atom stereocenters. The summed E-state index contributed by atoms with van der Waals surface area (Å²) in [6, 6.07) is 7.36. The summed E-state index contributed by atoms with van der Waals surface area (Å²) in [6.45, 7) is 8.00. The molecule has 0 radical (unpaired) electrons. The average molecular weight is 414 g/mol. The quantitative estimate of drug-likeness (QED) is 0.578. The van der Waals surface area contributed by atoms with E-state index in [-0.39, 0.29) is 29.7 Å². The minimum absolute atomic E-state index is 0.0466. The van der Waals surface area contributed by atoms with E-state index in [0.29, 0.717) is 36.6 Å². The molecule has 6 nitrogen and oxygen atoms in total. The Bertz CT molecular complexity index is 773. The minimum atomic E-state index is -0.150. The van der Waals surface area contributed by atoms with Gasteiger partial charge >= 0.3 is 0 Å². The molecular formula is C24H35N3O3. The Morgan fingerprint density at radius 1 is 1.03 bits per heavy atom. The van der Waals surface area contributed by atoms with Crippen LogP contribution in [0.3, 0.4) is 0 Å². The highest BCUT2D eigenvalue weighted by Crippen LogP contribution is 2.35. The third-order valence-corrected chi connectivity index (χ3v) is 6.10. The summed E-state index contributed by atoms with van der Waals surface area (Å²) < 4.78 is 0. The van der Waals surface area contributed by atoms with Crippen molar-refractivity contribution in [2.75, 3.05) is 19.6 Å². The fourth-order valence-corrected chi connectivity index (χ4v) is 4.15. The molecule has 3 rings (SSSR count). The van der Waals surface area contributed by atoms with Crippen LogP contribution in [0.25, 0.3) is 0 Å². The smallest absolute Gasteiger partial charge is 0.251 e. The van der Waals surface area contributed by atoms with E-state index in [4.69, 9.17) is 0 Å². The summed E-state index contributed by atoms with van der Waals surface area (Å²) in [6.07, 6.45) is 5.04. The lowest BCUT2D eigenvalue weighted by atomic mass is 10.1. The summed E-state index contributed by atoms with van der Waals surface area (Å²) in [5.41, 5.74) is 1.06. The highest BCUT2D eigenvalue weighted by Gasteiger charge is 2.38. The molecule has 1 aliphatic heterocycles. The van der Waals surface area contributed by atoms with Crippen molar-refractivity contribution < 1.29 is 14.4 Å². The van der Waals surface area contributed by atoms with Crippen molar-refractivity contribution in [2.45, 2.75) is 65.0 Å². The van der Waals surface area contributed by atoms with Gasteiger partial charge in [0.25, 0.3) is 5.91 Å². The highest BCUT2D eigenvalue weighted by molar-refractivity contribution is 5.99. The first kappa shape index (κ1) is 22.5. The highest BCUT2D eigenvalue weighted by atomic mass is 16.2. The monoisotopic (exact) mass is 413 g/mol. The van der Waals surface area contributed by atoms with Crippen molar-refractivity contribution in [3.63, 3.8) is 0 Å². The predicted molar refractivity (Wildman–Crippen MR) is 117 cm³/mol. The molecule has 1 heterocycles. The lowest BCUT2D eigenvalue weighted by Crippen LogP contribution is -2.45. The number of nitrogens with one attached hydrogen (secondary N) is 2. The molecule has 1 aromatic carbocycles. The molecule has 2 aliphatic rings. The van der Waals surface area contributed by atoms with E-state index in [2.05, 4.69) is 29.4 Å². The van der Waals surface area contributed by atoms with E-state index >= 15 is 0 Å². The number of carbonyl (C=O) groups excluding carboxylic acids is 3. The molecule has 2 fully saturated rings. The first-order valence-corrected chi connectivity index (χ1v) is 11.2. The fraction of sp³-hybridized carbons (Fsp3) is 0.625. The Labute approximate surface area is 179 Å². The topological polar surface area (TPSA) is 78.5 Å². The molecule has 2 amide bonds. The first-order valence-electron chi connectivity index (χ1n) is 11.2. The van der Waals surface area contributed by atoms with Crippen LogP contribution in [0.15, 0.2) is 24.3 Å². The number of nitrogens with zero attached hydrogens (tertiary/aromatic N) is 1. The van der Waals surface area contributed by atoms with Gasteiger partial charge in [0.15, 0.2) is 5.78 Å². The maximum Gasteiger partial charge on any atom is 0.251 e. The number of rotatable bonds is 10. The maximum absolute atomic E-state index is 12.6. The molecule has 0 bridgehead atoms. The fourth-order valence-electron chi connectivity index (χ4n) is 4.15. The third kappa shape index (κ3) is 6.39. The molecule has 2 N–H and O–H groups in total. The van der Waals surface area contributed by atoms with Gasteiger partial charge in [-0.05, 0) is 56.6 Å². The van der Waals surface area contributed by atoms with Crippen LogP contribution in [0.1, 0.15) is 73.6 Å². The molecule has 1 saturated heterocycles. The zero-order chi connectivity index (χ0) is 21.7. The summed E-state index contributed by atoms with van der Waals surface area (Å²) in [5, 5.41) is 6.09. The summed E-state index contributed by atoms with van der Waals surface area (Å²) in [5.74, 6) is 1.11. The lowest BCUT2D eigenvalue weighted by Gasteiger charge is -2.30. The number of hydrogen-bond donors (Lipinski definition) is 2. The van der Waals surface area contributed by atoms with Crippen LogP contribution in [-0.4, -0.2) is 54.2 Å². The molecule has 1 aliphatic carbocycles. The lowest BCUT2D eigenvalue weighted by molar-refractivity contribution is -0.122. The zero-order valence-corrected chi connectivity index (χ0v) is 18.4. The summed E-state index contributed by atoms with van der Waals surface area (Å²) >= 11 is 0. The number of carbonyl (C=O) groups is 3. The number of hydrogen-bond acceptors (Lipinski definition) is 4. The third-order valence-electron chi connectivity index (χ3n) is 6.10. The summed E-state index contributed by atoms with van der Waals surface area (Å²) in [7, 11) is 0. The average Bonchev–Trinajstić information content (AvgIpc) is 3.46. The summed E-state index contributed by atoms with van der Waals surface area (Å²) in [4.78, 5) is 39.0. The Morgan fingerprint density at radius 2 is 1.73 bits per heavy atom. The number of likely N-dealkylation sites (tertiary alicyclic amines) is 1. The molecule has 6 heteroatoms. The van der Waals surface area contributed by atoms with Gasteiger partial charge in [-0.15, -0.1) is 0 Å². The van der Waals surface area contributed by atoms with E-state index in [1.165, 1.54) is 19.8 Å². The van der Waals surface area contributed by atoms with E-state index < -0.39 is 0 Å². The van der Waals surface area contributed by atoms with E-state index in [0.717, 1.165) is 25.3 Å². The van der Waals surface area contributed by atoms with Crippen molar-refractivity contribution in [2.24, 2.45) is 11.8 Å². The number of amides is 2. The van der Waals surface area contributed by atoms with Crippen LogP contribution >= 0.6 is 0 Å². The van der Waals surface area contributed by atoms with Gasteiger partial charge in [0.05, 0.1) is 0 Å². The van der Waals surface area contributed by atoms with Crippen LogP contribution in [0, 0.1) is 11.8 Å². The van der Waals surface area contributed by atoms with E-state index in [9.17, 15) is 14.4 Å². The van der Waals surface area contributed by atoms with Gasteiger partial charge in [-0.2, -0.15) is 0 Å². The predicted octanol–water partition coefficient (Wildman–Crippen LogP) is 3.02. The molecule has 30 heavy (non-hydrogen) atoms. The van der Waals surface area contributed by atoms with Crippen molar-refractivity contribution in [1.29, 1.82) is 0 Å². The van der Waals surface area contributed by atoms with Gasteiger partial charge in [-0.25, -0.2) is 0 Å². The van der Waals surface area contributed by atoms with Crippen LogP contribution < -0.4 is 10.6 Å². The molecule has 0 unspecified atom stereocenters. The Hall–Kier alpha value is -2.21. The maximum atomic E-state index is 12.6. The van der Waals surface area contributed by atoms with Crippen LogP contribution in [0.2, 0.25) is 0 Å². The SMILES string of the molecule is CC(=O)c1cccc(C(=O)NC[C@@H]2CC[C@H](CC(=O)NCC(C)C)N2CC2CC2)c1. The molecule has 0 spiro atoms. The van der Waals surface area contributed by atoms with E-state index in [1.54, 1.807) is 24.3 Å². The molecular weight excluding hydrogens is 378 g/mol. The van der Waals surface area contributed by atoms with Crippen molar-refractivity contribution in [3.05, 3.63) is 35.4 Å². The van der Waals surface area contributed by atoms with Gasteiger partial charge in [-0.1, -0.05) is 26.0 Å². The van der Waals surface area contributed by atoms with E-state index in [1.807, 2.05) is 0 Å². The van der Waals surface area contributed by atoms with Crippen LogP contribution in [0.5, 0.6) is 0 Å². The second kappa shape index (κ2) is 10.2. The van der Waals surface area contributed by atoms with Crippen molar-refractivity contribution >= 4 is 17.6 Å². The minimum Gasteiger partial charge on any atom is -0.356 e. The second-order valence-corrected chi connectivity index (χ2v) is 9.27. The van der Waals surface area contributed by atoms with Gasteiger partial charge in [-0.3, -0.25) is 19.3 Å². The van der Waals surface area contributed by atoms with Gasteiger partial charge in [0, 0.05) is 49.3 Å². The standard InChI is InChI=1S/C24H35N3O3/c1-16(2)13-25-23(29)12-21-9-10-22(27(21)15-18-7-8-18)14-26-24(30)20-6-4-5-19(11-20)17(3)28/h4-6,11,16,18,21-22H,7-10,12-15H2,1-3H3,(H,25,29)(H,26,30)/t21-,22+/m1/s1. The number of Topliss-reactive ketones (excluding diaryl/α,β-unsaturated/α-hetero) is 1. The Morgan fingerprint density at radius 3 is 2.40 bits per heavy atom.